The van der Waals surface area contributed by atoms with Crippen LogP contribution in [-0.2, 0) is 6.18 Å². The van der Waals surface area contributed by atoms with Crippen LogP contribution in [0.1, 0.15) is 18.1 Å². The standard InChI is InChI=1S/C10H10F3N3O/c1-3-17-9-14-8-6(2)4-7(10(11,12)13)5-16(8)15-9/h4-5H,3H2,1-2H3. The van der Waals surface area contributed by atoms with Gasteiger partial charge in [0, 0.05) is 6.20 Å². The lowest BCUT2D eigenvalue weighted by Gasteiger charge is -2.07. The first-order valence-electron chi connectivity index (χ1n) is 4.99. The Labute approximate surface area is 95.0 Å². The maximum Gasteiger partial charge on any atom is 0.417 e. The van der Waals surface area contributed by atoms with Gasteiger partial charge in [0.25, 0.3) is 0 Å². The van der Waals surface area contributed by atoms with Gasteiger partial charge in [-0.05, 0) is 25.5 Å². The van der Waals surface area contributed by atoms with Crippen LogP contribution in [0.3, 0.4) is 0 Å². The first-order valence-corrected chi connectivity index (χ1v) is 4.99. The highest BCUT2D eigenvalue weighted by molar-refractivity contribution is 5.48. The fourth-order valence-electron chi connectivity index (χ4n) is 1.47. The smallest absolute Gasteiger partial charge is 0.417 e. The maximum atomic E-state index is 12.6. The monoisotopic (exact) mass is 245 g/mol. The van der Waals surface area contributed by atoms with Gasteiger partial charge in [-0.25, -0.2) is 4.52 Å². The summed E-state index contributed by atoms with van der Waals surface area (Å²) in [5, 5.41) is 3.82. The normalized spacial score (nSPS) is 12.1. The molecule has 92 valence electrons. The van der Waals surface area contributed by atoms with E-state index in [2.05, 4.69) is 10.1 Å². The Bertz CT molecular complexity index is 547. The number of aromatic nitrogens is 3. The fourth-order valence-corrected chi connectivity index (χ4v) is 1.47. The number of rotatable bonds is 2. The van der Waals surface area contributed by atoms with Crippen LogP contribution in [0.4, 0.5) is 13.2 Å². The van der Waals surface area contributed by atoms with E-state index in [1.54, 1.807) is 13.8 Å². The molecule has 0 aromatic carbocycles. The zero-order valence-electron chi connectivity index (χ0n) is 9.25. The number of halogens is 3. The van der Waals surface area contributed by atoms with Gasteiger partial charge < -0.3 is 4.74 Å². The van der Waals surface area contributed by atoms with Gasteiger partial charge in [-0.15, -0.1) is 5.10 Å². The number of aryl methyl sites for hydroxylation is 1. The Kier molecular flexibility index (Phi) is 2.68. The van der Waals surface area contributed by atoms with Crippen molar-refractivity contribution in [1.82, 2.24) is 14.6 Å². The topological polar surface area (TPSA) is 39.4 Å². The lowest BCUT2D eigenvalue weighted by Crippen LogP contribution is -2.07. The van der Waals surface area contributed by atoms with Gasteiger partial charge in [0.15, 0.2) is 5.65 Å². The Morgan fingerprint density at radius 1 is 1.41 bits per heavy atom. The van der Waals surface area contributed by atoms with E-state index in [1.165, 1.54) is 0 Å². The zero-order valence-corrected chi connectivity index (χ0v) is 9.25. The van der Waals surface area contributed by atoms with Gasteiger partial charge in [0.05, 0.1) is 12.2 Å². The van der Waals surface area contributed by atoms with Gasteiger partial charge in [-0.2, -0.15) is 18.2 Å². The largest absolute Gasteiger partial charge is 0.463 e. The summed E-state index contributed by atoms with van der Waals surface area (Å²) in [4.78, 5) is 3.99. The second kappa shape index (κ2) is 3.90. The van der Waals surface area contributed by atoms with E-state index in [-0.39, 0.29) is 6.01 Å². The number of nitrogens with zero attached hydrogens (tertiary/aromatic N) is 3. The highest BCUT2D eigenvalue weighted by atomic mass is 19.4. The molecule has 2 rings (SSSR count). The van der Waals surface area contributed by atoms with E-state index in [4.69, 9.17) is 4.74 Å². The molecule has 0 saturated carbocycles. The van der Waals surface area contributed by atoms with Gasteiger partial charge >= 0.3 is 12.2 Å². The van der Waals surface area contributed by atoms with Gasteiger partial charge in [0.2, 0.25) is 0 Å². The molecule has 2 aromatic heterocycles. The Morgan fingerprint density at radius 3 is 2.71 bits per heavy atom. The van der Waals surface area contributed by atoms with Crippen molar-refractivity contribution in [2.24, 2.45) is 0 Å². The van der Waals surface area contributed by atoms with Crippen LogP contribution in [0.2, 0.25) is 0 Å². The molecule has 2 aromatic rings. The van der Waals surface area contributed by atoms with Crippen LogP contribution in [-0.4, -0.2) is 21.2 Å². The van der Waals surface area contributed by atoms with Crippen LogP contribution in [0.5, 0.6) is 6.01 Å². The molecule has 0 aliphatic rings. The molecule has 2 heterocycles. The summed E-state index contributed by atoms with van der Waals surface area (Å²) in [5.74, 6) is 0. The predicted octanol–water partition coefficient (Wildman–Crippen LogP) is 2.46. The Hall–Kier alpha value is -1.79. The molecule has 0 aliphatic heterocycles. The Balaban J connectivity index is 2.57. The third-order valence-electron chi connectivity index (χ3n) is 2.20. The molecule has 0 bridgehead atoms. The molecule has 0 spiro atoms. The average Bonchev–Trinajstić information content (AvgIpc) is 2.60. The highest BCUT2D eigenvalue weighted by Crippen LogP contribution is 2.30. The summed E-state index contributed by atoms with van der Waals surface area (Å²) in [6, 6.07) is 1.12. The molecular weight excluding hydrogens is 235 g/mol. The van der Waals surface area contributed by atoms with Gasteiger partial charge in [-0.3, -0.25) is 0 Å². The second-order valence-corrected chi connectivity index (χ2v) is 3.51. The Morgan fingerprint density at radius 2 is 2.12 bits per heavy atom. The molecule has 7 heteroatoms. The van der Waals surface area contributed by atoms with Crippen molar-refractivity contribution in [3.8, 4) is 6.01 Å². The third kappa shape index (κ3) is 2.17. The summed E-state index contributed by atoms with van der Waals surface area (Å²) < 4.78 is 43.8. The van der Waals surface area contributed by atoms with Gasteiger partial charge in [-0.1, -0.05) is 0 Å². The van der Waals surface area contributed by atoms with E-state index >= 15 is 0 Å². The van der Waals surface area contributed by atoms with Crippen molar-refractivity contribution in [1.29, 1.82) is 0 Å². The first-order chi connectivity index (χ1) is 7.91. The van der Waals surface area contributed by atoms with Crippen LogP contribution in [0.15, 0.2) is 12.3 Å². The molecule has 0 radical (unpaired) electrons. The van der Waals surface area contributed by atoms with Crippen molar-refractivity contribution in [2.45, 2.75) is 20.0 Å². The third-order valence-corrected chi connectivity index (χ3v) is 2.20. The molecule has 17 heavy (non-hydrogen) atoms. The molecular formula is C10H10F3N3O. The minimum Gasteiger partial charge on any atom is -0.463 e. The summed E-state index contributed by atoms with van der Waals surface area (Å²) in [7, 11) is 0. The number of alkyl halides is 3. The molecule has 0 amide bonds. The van der Waals surface area contributed by atoms with Crippen molar-refractivity contribution >= 4 is 5.65 Å². The number of hydrogen-bond acceptors (Lipinski definition) is 3. The van der Waals surface area contributed by atoms with E-state index in [1.807, 2.05) is 0 Å². The first kappa shape index (κ1) is 11.7. The summed E-state index contributed by atoms with van der Waals surface area (Å²) in [5.41, 5.74) is 0.00942. The SMILES string of the molecule is CCOc1nc2c(C)cc(C(F)(F)F)cn2n1. The number of pyridine rings is 1. The predicted molar refractivity (Wildman–Crippen MR) is 53.9 cm³/mol. The highest BCUT2D eigenvalue weighted by Gasteiger charge is 2.31. The van der Waals surface area contributed by atoms with Crippen LogP contribution < -0.4 is 4.74 Å². The van der Waals surface area contributed by atoms with Gasteiger partial charge in [0.1, 0.15) is 0 Å². The van der Waals surface area contributed by atoms with Crippen molar-refractivity contribution in [3.05, 3.63) is 23.4 Å². The van der Waals surface area contributed by atoms with Crippen LogP contribution in [0.25, 0.3) is 5.65 Å². The minimum atomic E-state index is -4.39. The van der Waals surface area contributed by atoms with Crippen molar-refractivity contribution in [3.63, 3.8) is 0 Å². The summed E-state index contributed by atoms with van der Waals surface area (Å²) >= 11 is 0. The quantitative estimate of drug-likeness (QED) is 0.815. The van der Waals surface area contributed by atoms with E-state index in [0.717, 1.165) is 16.8 Å². The lowest BCUT2D eigenvalue weighted by molar-refractivity contribution is -0.138. The molecule has 0 aliphatic carbocycles. The van der Waals surface area contributed by atoms with E-state index in [9.17, 15) is 13.2 Å². The van der Waals surface area contributed by atoms with E-state index < -0.39 is 11.7 Å². The van der Waals surface area contributed by atoms with Crippen LogP contribution >= 0.6 is 0 Å². The zero-order chi connectivity index (χ0) is 12.6. The number of ether oxygens (including phenoxy) is 1. The average molecular weight is 245 g/mol. The van der Waals surface area contributed by atoms with Crippen LogP contribution in [0, 0.1) is 6.92 Å². The fraction of sp³-hybridized carbons (Fsp3) is 0.400. The summed E-state index contributed by atoms with van der Waals surface area (Å²) in [6.07, 6.45) is -3.49. The molecule has 0 atom stereocenters. The molecule has 0 fully saturated rings. The lowest BCUT2D eigenvalue weighted by atomic mass is 10.2. The van der Waals surface area contributed by atoms with Crippen molar-refractivity contribution in [2.75, 3.05) is 6.61 Å². The molecule has 0 saturated heterocycles. The minimum absolute atomic E-state index is 0.0786. The second-order valence-electron chi connectivity index (χ2n) is 3.51. The van der Waals surface area contributed by atoms with E-state index in [0.29, 0.717) is 17.8 Å². The van der Waals surface area contributed by atoms with Crippen molar-refractivity contribution < 1.29 is 17.9 Å². The summed E-state index contributed by atoms with van der Waals surface area (Å²) in [6.45, 7) is 3.66. The number of hydrogen-bond donors (Lipinski definition) is 0. The molecule has 0 N–H and O–H groups in total. The number of fused-ring (bicyclic) bond motifs is 1. The maximum absolute atomic E-state index is 12.6. The molecule has 0 unspecified atom stereocenters. The molecule has 4 nitrogen and oxygen atoms in total.